The summed E-state index contributed by atoms with van der Waals surface area (Å²) in [6.45, 7) is 1.14. The van der Waals surface area contributed by atoms with Crippen LogP contribution in [-0.4, -0.2) is 18.1 Å². The number of carbonyl (C=O) groups is 1. The number of nitrogens with one attached hydrogen (secondary N) is 1. The van der Waals surface area contributed by atoms with Crippen molar-refractivity contribution in [3.8, 4) is 0 Å². The first-order valence-corrected chi connectivity index (χ1v) is 4.83. The van der Waals surface area contributed by atoms with E-state index in [9.17, 15) is 4.79 Å². The topological polar surface area (TPSA) is 29.1 Å². The standard InChI is InChI=1S/C10H13NOS/c12-10(8-13)7-11-6-9-4-2-1-3-5-9/h1-5,11,13H,6-8H2. The van der Waals surface area contributed by atoms with E-state index in [1.165, 1.54) is 5.56 Å². The normalized spacial score (nSPS) is 9.92. The van der Waals surface area contributed by atoms with Crippen molar-refractivity contribution in [1.29, 1.82) is 0 Å². The third-order valence-corrected chi connectivity index (χ3v) is 2.02. The Morgan fingerprint density at radius 1 is 1.31 bits per heavy atom. The van der Waals surface area contributed by atoms with Gasteiger partial charge in [-0.2, -0.15) is 12.6 Å². The molecule has 0 heterocycles. The van der Waals surface area contributed by atoms with Crippen LogP contribution in [0.15, 0.2) is 30.3 Å². The molecule has 0 radical (unpaired) electrons. The lowest BCUT2D eigenvalue weighted by atomic mass is 10.2. The fraction of sp³-hybridized carbons (Fsp3) is 0.300. The quantitative estimate of drug-likeness (QED) is 0.693. The summed E-state index contributed by atoms with van der Waals surface area (Å²) in [5.74, 6) is 0.432. The Bertz CT molecular complexity index is 261. The molecule has 0 fully saturated rings. The Kier molecular flexibility index (Phi) is 4.57. The van der Waals surface area contributed by atoms with Gasteiger partial charge in [-0.05, 0) is 5.56 Å². The highest BCUT2D eigenvalue weighted by molar-refractivity contribution is 7.81. The fourth-order valence-electron chi connectivity index (χ4n) is 0.998. The molecule has 1 rings (SSSR count). The Hall–Kier alpha value is -0.800. The SMILES string of the molecule is O=C(CS)CNCc1ccccc1. The second kappa shape index (κ2) is 5.78. The predicted molar refractivity (Wildman–Crippen MR) is 57.0 cm³/mol. The van der Waals surface area contributed by atoms with Crippen LogP contribution >= 0.6 is 12.6 Å². The molecule has 0 saturated heterocycles. The lowest BCUT2D eigenvalue weighted by Gasteiger charge is -2.02. The predicted octanol–water partition coefficient (Wildman–Crippen LogP) is 1.28. The molecule has 0 amide bonds. The molecule has 0 bridgehead atoms. The summed E-state index contributed by atoms with van der Waals surface area (Å²) in [6, 6.07) is 9.99. The fourth-order valence-corrected chi connectivity index (χ4v) is 1.11. The van der Waals surface area contributed by atoms with Crippen LogP contribution in [-0.2, 0) is 11.3 Å². The summed E-state index contributed by atoms with van der Waals surface area (Å²) in [4.78, 5) is 10.9. The molecule has 0 aliphatic rings. The lowest BCUT2D eigenvalue weighted by Crippen LogP contribution is -2.23. The monoisotopic (exact) mass is 195 g/mol. The van der Waals surface area contributed by atoms with E-state index in [4.69, 9.17) is 0 Å². The average molecular weight is 195 g/mol. The molecule has 0 saturated carbocycles. The number of thiol groups is 1. The van der Waals surface area contributed by atoms with Crippen LogP contribution in [0.4, 0.5) is 0 Å². The molecule has 0 atom stereocenters. The second-order valence-electron chi connectivity index (χ2n) is 2.79. The van der Waals surface area contributed by atoms with Crippen molar-refractivity contribution in [1.82, 2.24) is 5.32 Å². The van der Waals surface area contributed by atoms with Crippen molar-refractivity contribution < 1.29 is 4.79 Å². The van der Waals surface area contributed by atoms with Gasteiger partial charge in [0.25, 0.3) is 0 Å². The minimum Gasteiger partial charge on any atom is -0.306 e. The minimum atomic E-state index is 0.124. The van der Waals surface area contributed by atoms with Crippen molar-refractivity contribution in [2.75, 3.05) is 12.3 Å². The first kappa shape index (κ1) is 10.3. The van der Waals surface area contributed by atoms with E-state index in [1.54, 1.807) is 0 Å². The molecule has 0 spiro atoms. The van der Waals surface area contributed by atoms with Gasteiger partial charge in [0, 0.05) is 6.54 Å². The number of ketones is 1. The van der Waals surface area contributed by atoms with Gasteiger partial charge >= 0.3 is 0 Å². The van der Waals surface area contributed by atoms with Crippen molar-refractivity contribution in [3.63, 3.8) is 0 Å². The molecular weight excluding hydrogens is 182 g/mol. The summed E-state index contributed by atoms with van der Waals surface area (Å²) < 4.78 is 0. The van der Waals surface area contributed by atoms with Crippen molar-refractivity contribution in [2.24, 2.45) is 0 Å². The third kappa shape index (κ3) is 4.10. The molecule has 0 aliphatic carbocycles. The van der Waals surface area contributed by atoms with Crippen molar-refractivity contribution in [2.45, 2.75) is 6.54 Å². The summed E-state index contributed by atoms with van der Waals surface area (Å²) in [5.41, 5.74) is 1.19. The van der Waals surface area contributed by atoms with Gasteiger partial charge in [-0.15, -0.1) is 0 Å². The van der Waals surface area contributed by atoms with E-state index in [0.29, 0.717) is 12.3 Å². The largest absolute Gasteiger partial charge is 0.306 e. The average Bonchev–Trinajstić information content (AvgIpc) is 2.19. The first-order valence-electron chi connectivity index (χ1n) is 4.20. The van der Waals surface area contributed by atoms with E-state index in [-0.39, 0.29) is 5.78 Å². The number of carbonyl (C=O) groups excluding carboxylic acids is 1. The zero-order valence-corrected chi connectivity index (χ0v) is 8.26. The minimum absolute atomic E-state index is 0.124. The van der Waals surface area contributed by atoms with E-state index in [1.807, 2.05) is 30.3 Å². The van der Waals surface area contributed by atoms with Gasteiger partial charge in [-0.1, -0.05) is 30.3 Å². The Morgan fingerprint density at radius 2 is 2.00 bits per heavy atom. The van der Waals surface area contributed by atoms with E-state index in [0.717, 1.165) is 6.54 Å². The van der Waals surface area contributed by atoms with Crippen molar-refractivity contribution >= 4 is 18.4 Å². The number of benzene rings is 1. The molecule has 1 aromatic rings. The van der Waals surface area contributed by atoms with Gasteiger partial charge < -0.3 is 5.32 Å². The summed E-state index contributed by atoms with van der Waals surface area (Å²) >= 11 is 3.89. The molecule has 0 aromatic heterocycles. The molecular formula is C10H13NOS. The summed E-state index contributed by atoms with van der Waals surface area (Å²) in [7, 11) is 0. The zero-order chi connectivity index (χ0) is 9.52. The molecule has 0 aliphatic heterocycles. The summed E-state index contributed by atoms with van der Waals surface area (Å²) in [6.07, 6.45) is 0. The Labute approximate surface area is 83.8 Å². The smallest absolute Gasteiger partial charge is 0.156 e. The summed E-state index contributed by atoms with van der Waals surface area (Å²) in [5, 5.41) is 3.05. The van der Waals surface area contributed by atoms with Crippen LogP contribution < -0.4 is 5.32 Å². The molecule has 3 heteroatoms. The second-order valence-corrected chi connectivity index (χ2v) is 3.10. The maximum absolute atomic E-state index is 10.9. The number of hydrogen-bond acceptors (Lipinski definition) is 3. The molecule has 70 valence electrons. The molecule has 2 nitrogen and oxygen atoms in total. The van der Waals surface area contributed by atoms with Gasteiger partial charge in [-0.3, -0.25) is 4.79 Å². The maximum Gasteiger partial charge on any atom is 0.156 e. The van der Waals surface area contributed by atoms with Gasteiger partial charge in [0.05, 0.1) is 12.3 Å². The Balaban J connectivity index is 2.24. The Morgan fingerprint density at radius 3 is 2.62 bits per heavy atom. The van der Waals surface area contributed by atoms with Crippen LogP contribution in [0.25, 0.3) is 0 Å². The highest BCUT2D eigenvalue weighted by atomic mass is 32.1. The maximum atomic E-state index is 10.9. The van der Waals surface area contributed by atoms with Crippen LogP contribution in [0.5, 0.6) is 0 Å². The van der Waals surface area contributed by atoms with Crippen LogP contribution in [0.1, 0.15) is 5.56 Å². The molecule has 13 heavy (non-hydrogen) atoms. The van der Waals surface area contributed by atoms with Gasteiger partial charge in [0.2, 0.25) is 0 Å². The number of Topliss-reactive ketones (excluding diaryl/α,β-unsaturated/α-hetero) is 1. The van der Waals surface area contributed by atoms with E-state index >= 15 is 0 Å². The van der Waals surface area contributed by atoms with Gasteiger partial charge in [-0.25, -0.2) is 0 Å². The third-order valence-electron chi connectivity index (χ3n) is 1.67. The van der Waals surface area contributed by atoms with Crippen LogP contribution in [0.3, 0.4) is 0 Å². The van der Waals surface area contributed by atoms with Crippen molar-refractivity contribution in [3.05, 3.63) is 35.9 Å². The molecule has 0 unspecified atom stereocenters. The highest BCUT2D eigenvalue weighted by Crippen LogP contribution is 1.96. The zero-order valence-electron chi connectivity index (χ0n) is 7.36. The number of rotatable bonds is 5. The van der Waals surface area contributed by atoms with E-state index in [2.05, 4.69) is 17.9 Å². The lowest BCUT2D eigenvalue weighted by molar-refractivity contribution is -0.115. The first-order chi connectivity index (χ1) is 6.33. The van der Waals surface area contributed by atoms with E-state index < -0.39 is 0 Å². The van der Waals surface area contributed by atoms with Gasteiger partial charge in [0.1, 0.15) is 0 Å². The van der Waals surface area contributed by atoms with Crippen LogP contribution in [0, 0.1) is 0 Å². The number of hydrogen-bond donors (Lipinski definition) is 2. The van der Waals surface area contributed by atoms with Crippen LogP contribution in [0.2, 0.25) is 0 Å². The molecule has 1 aromatic carbocycles. The highest BCUT2D eigenvalue weighted by Gasteiger charge is 1.96. The molecule has 1 N–H and O–H groups in total. The van der Waals surface area contributed by atoms with Gasteiger partial charge in [0.15, 0.2) is 5.78 Å².